The lowest BCUT2D eigenvalue weighted by Crippen LogP contribution is -2.45. The summed E-state index contributed by atoms with van der Waals surface area (Å²) in [6.07, 6.45) is 0.909. The highest BCUT2D eigenvalue weighted by atomic mass is 32.2. The molecule has 0 aliphatic carbocycles. The number of amides is 2. The zero-order valence-electron chi connectivity index (χ0n) is 11.4. The minimum absolute atomic E-state index is 0.0635. The number of ether oxygens (including phenoxy) is 1. The first-order valence-corrected chi connectivity index (χ1v) is 7.68. The van der Waals surface area contributed by atoms with Crippen molar-refractivity contribution in [2.24, 2.45) is 0 Å². The zero-order valence-corrected chi connectivity index (χ0v) is 12.2. The smallest absolute Gasteiger partial charge is 0.315 e. The number of thioether (sulfide) groups is 1. The lowest BCUT2D eigenvalue weighted by molar-refractivity contribution is 0.114. The van der Waals surface area contributed by atoms with Crippen LogP contribution >= 0.6 is 11.8 Å². The van der Waals surface area contributed by atoms with Gasteiger partial charge in [0, 0.05) is 23.8 Å². The van der Waals surface area contributed by atoms with Gasteiger partial charge in [0.2, 0.25) is 0 Å². The Hall–Kier alpha value is -1.27. The van der Waals surface area contributed by atoms with Gasteiger partial charge < -0.3 is 15.4 Å². The molecule has 1 fully saturated rings. The van der Waals surface area contributed by atoms with Crippen LogP contribution in [0.3, 0.4) is 0 Å². The fourth-order valence-electron chi connectivity index (χ4n) is 2.03. The SMILES string of the molecule is C[C@@H]1OCC[C@H]1NC(=O)NCCSc1ccccc1F. The Morgan fingerprint density at radius 1 is 1.50 bits per heavy atom. The average Bonchev–Trinajstić information content (AvgIpc) is 2.82. The highest BCUT2D eigenvalue weighted by Gasteiger charge is 2.25. The molecule has 0 aromatic heterocycles. The van der Waals surface area contributed by atoms with Crippen LogP contribution in [-0.4, -0.2) is 37.1 Å². The maximum Gasteiger partial charge on any atom is 0.315 e. The molecule has 0 radical (unpaired) electrons. The van der Waals surface area contributed by atoms with Crippen LogP contribution < -0.4 is 10.6 Å². The van der Waals surface area contributed by atoms with Crippen molar-refractivity contribution in [1.82, 2.24) is 10.6 Å². The van der Waals surface area contributed by atoms with E-state index in [4.69, 9.17) is 4.74 Å². The van der Waals surface area contributed by atoms with Gasteiger partial charge in [-0.2, -0.15) is 0 Å². The van der Waals surface area contributed by atoms with Gasteiger partial charge >= 0.3 is 6.03 Å². The normalized spacial score (nSPS) is 21.7. The predicted octanol–water partition coefficient (Wildman–Crippen LogP) is 2.39. The van der Waals surface area contributed by atoms with Gasteiger partial charge in [0.15, 0.2) is 0 Å². The van der Waals surface area contributed by atoms with Crippen molar-refractivity contribution >= 4 is 17.8 Å². The van der Waals surface area contributed by atoms with Gasteiger partial charge in [-0.25, -0.2) is 9.18 Å². The Morgan fingerprint density at radius 2 is 2.30 bits per heavy atom. The summed E-state index contributed by atoms with van der Waals surface area (Å²) in [5, 5.41) is 5.65. The van der Waals surface area contributed by atoms with Crippen molar-refractivity contribution in [3.05, 3.63) is 30.1 Å². The third kappa shape index (κ3) is 4.38. The number of nitrogens with one attached hydrogen (secondary N) is 2. The largest absolute Gasteiger partial charge is 0.376 e. The third-order valence-electron chi connectivity index (χ3n) is 3.17. The molecule has 6 heteroatoms. The molecule has 1 saturated heterocycles. The molecule has 2 amide bonds. The molecule has 2 atom stereocenters. The second-order valence-electron chi connectivity index (χ2n) is 4.65. The van der Waals surface area contributed by atoms with E-state index in [-0.39, 0.29) is 24.0 Å². The number of benzene rings is 1. The van der Waals surface area contributed by atoms with E-state index >= 15 is 0 Å². The first-order valence-electron chi connectivity index (χ1n) is 6.70. The maximum absolute atomic E-state index is 13.4. The maximum atomic E-state index is 13.4. The lowest BCUT2D eigenvalue weighted by atomic mass is 10.2. The van der Waals surface area contributed by atoms with Crippen LogP contribution in [0.1, 0.15) is 13.3 Å². The monoisotopic (exact) mass is 298 g/mol. The summed E-state index contributed by atoms with van der Waals surface area (Å²) in [4.78, 5) is 12.3. The molecule has 1 aromatic rings. The highest BCUT2D eigenvalue weighted by molar-refractivity contribution is 7.99. The molecule has 20 heavy (non-hydrogen) atoms. The van der Waals surface area contributed by atoms with Gasteiger partial charge in [0.25, 0.3) is 0 Å². The zero-order chi connectivity index (χ0) is 14.4. The van der Waals surface area contributed by atoms with Gasteiger partial charge in [-0.3, -0.25) is 0 Å². The van der Waals surface area contributed by atoms with Crippen molar-refractivity contribution in [2.75, 3.05) is 18.9 Å². The van der Waals surface area contributed by atoms with E-state index in [1.165, 1.54) is 17.8 Å². The van der Waals surface area contributed by atoms with Crippen LogP contribution in [0.5, 0.6) is 0 Å². The standard InChI is InChI=1S/C14H19FN2O2S/c1-10-12(6-8-19-10)17-14(18)16-7-9-20-13-5-3-2-4-11(13)15/h2-5,10,12H,6-9H2,1H3,(H2,16,17,18)/t10-,12+/m0/s1. The molecule has 0 unspecified atom stereocenters. The van der Waals surface area contributed by atoms with Crippen LogP contribution in [0.15, 0.2) is 29.2 Å². The van der Waals surface area contributed by atoms with Crippen LogP contribution in [0.4, 0.5) is 9.18 Å². The van der Waals surface area contributed by atoms with Crippen molar-refractivity contribution in [2.45, 2.75) is 30.4 Å². The molecule has 1 heterocycles. The average molecular weight is 298 g/mol. The summed E-state index contributed by atoms with van der Waals surface area (Å²) in [6, 6.07) is 6.51. The van der Waals surface area contributed by atoms with Crippen molar-refractivity contribution < 1.29 is 13.9 Å². The molecular formula is C14H19FN2O2S. The molecule has 1 aromatic carbocycles. The van der Waals surface area contributed by atoms with E-state index < -0.39 is 0 Å². The van der Waals surface area contributed by atoms with Crippen molar-refractivity contribution in [3.63, 3.8) is 0 Å². The number of carbonyl (C=O) groups excluding carboxylic acids is 1. The van der Waals surface area contributed by atoms with E-state index in [2.05, 4.69) is 10.6 Å². The third-order valence-corrected chi connectivity index (χ3v) is 4.22. The molecule has 110 valence electrons. The number of hydrogen-bond donors (Lipinski definition) is 2. The van der Waals surface area contributed by atoms with E-state index in [0.717, 1.165) is 6.42 Å². The van der Waals surface area contributed by atoms with E-state index in [1.54, 1.807) is 18.2 Å². The highest BCUT2D eigenvalue weighted by Crippen LogP contribution is 2.20. The number of rotatable bonds is 5. The van der Waals surface area contributed by atoms with Crippen LogP contribution in [0.25, 0.3) is 0 Å². The number of carbonyl (C=O) groups is 1. The molecule has 4 nitrogen and oxygen atoms in total. The Balaban J connectivity index is 1.63. The molecule has 0 saturated carbocycles. The molecule has 0 bridgehead atoms. The fraction of sp³-hybridized carbons (Fsp3) is 0.500. The molecule has 0 spiro atoms. The first-order chi connectivity index (χ1) is 9.66. The van der Waals surface area contributed by atoms with Gasteiger partial charge in [-0.1, -0.05) is 12.1 Å². The summed E-state index contributed by atoms with van der Waals surface area (Å²) >= 11 is 1.39. The minimum atomic E-state index is -0.223. The van der Waals surface area contributed by atoms with Gasteiger partial charge in [0.05, 0.1) is 12.1 Å². The second kappa shape index (κ2) is 7.50. The minimum Gasteiger partial charge on any atom is -0.376 e. The Morgan fingerprint density at radius 3 is 3.00 bits per heavy atom. The molecule has 2 N–H and O–H groups in total. The number of hydrogen-bond acceptors (Lipinski definition) is 3. The molecule has 1 aliphatic rings. The summed E-state index contributed by atoms with van der Waals surface area (Å²) < 4.78 is 18.7. The summed E-state index contributed by atoms with van der Waals surface area (Å²) in [5.41, 5.74) is 0. The fourth-order valence-corrected chi connectivity index (χ4v) is 2.83. The van der Waals surface area contributed by atoms with Crippen molar-refractivity contribution in [1.29, 1.82) is 0 Å². The Labute approximate surface area is 122 Å². The van der Waals surface area contributed by atoms with E-state index in [1.807, 2.05) is 6.92 Å². The summed E-state index contributed by atoms with van der Waals surface area (Å²) in [5.74, 6) is 0.407. The summed E-state index contributed by atoms with van der Waals surface area (Å²) in [6.45, 7) is 3.13. The van der Waals surface area contributed by atoms with Gasteiger partial charge in [0.1, 0.15) is 5.82 Å². The Kier molecular flexibility index (Phi) is 5.67. The molecule has 2 rings (SSSR count). The molecular weight excluding hydrogens is 279 g/mol. The molecule has 1 aliphatic heterocycles. The first kappa shape index (κ1) is 15.1. The topological polar surface area (TPSA) is 50.4 Å². The van der Waals surface area contributed by atoms with Gasteiger partial charge in [-0.15, -0.1) is 11.8 Å². The number of halogens is 1. The number of urea groups is 1. The van der Waals surface area contributed by atoms with Crippen LogP contribution in [0.2, 0.25) is 0 Å². The second-order valence-corrected chi connectivity index (χ2v) is 5.79. The lowest BCUT2D eigenvalue weighted by Gasteiger charge is -2.16. The predicted molar refractivity (Wildman–Crippen MR) is 77.5 cm³/mol. The van der Waals surface area contributed by atoms with Crippen molar-refractivity contribution in [3.8, 4) is 0 Å². The quantitative estimate of drug-likeness (QED) is 0.648. The van der Waals surface area contributed by atoms with Crippen LogP contribution in [-0.2, 0) is 4.74 Å². The summed E-state index contributed by atoms with van der Waals surface area (Å²) in [7, 11) is 0. The van der Waals surface area contributed by atoms with E-state index in [9.17, 15) is 9.18 Å². The Bertz CT molecular complexity index is 459. The van der Waals surface area contributed by atoms with E-state index in [0.29, 0.717) is 23.8 Å². The van der Waals surface area contributed by atoms with Gasteiger partial charge in [-0.05, 0) is 25.5 Å². The van der Waals surface area contributed by atoms with Crippen LogP contribution in [0, 0.1) is 5.82 Å².